The number of aromatic amines is 1. The van der Waals surface area contributed by atoms with Crippen LogP contribution >= 0.6 is 0 Å². The molecule has 1 aliphatic heterocycles. The highest BCUT2D eigenvalue weighted by Gasteiger charge is 2.29. The third kappa shape index (κ3) is 3.14. The molecular weight excluding hydrogens is 268 g/mol. The molecule has 0 radical (unpaired) electrons. The Morgan fingerprint density at radius 1 is 1.48 bits per heavy atom. The zero-order valence-corrected chi connectivity index (χ0v) is 12.5. The predicted octanol–water partition coefficient (Wildman–Crippen LogP) is 1.20. The minimum atomic E-state index is 0.142. The van der Waals surface area contributed by atoms with E-state index in [0.717, 1.165) is 49.6 Å². The van der Waals surface area contributed by atoms with E-state index in [1.54, 1.807) is 4.80 Å². The van der Waals surface area contributed by atoms with Crippen LogP contribution in [-0.2, 0) is 17.8 Å². The Bertz CT molecular complexity index is 564. The SMILES string of the molecule is CCn1nc(C)c(CNC[C@H]2CCO[C@@H]2c2cn[nH]c2)n1. The van der Waals surface area contributed by atoms with Gasteiger partial charge in [-0.1, -0.05) is 0 Å². The van der Waals surface area contributed by atoms with Gasteiger partial charge in [0.1, 0.15) is 0 Å². The summed E-state index contributed by atoms with van der Waals surface area (Å²) >= 11 is 0. The van der Waals surface area contributed by atoms with Gasteiger partial charge in [0, 0.05) is 37.4 Å². The summed E-state index contributed by atoms with van der Waals surface area (Å²) in [6.07, 6.45) is 4.98. The van der Waals surface area contributed by atoms with E-state index >= 15 is 0 Å². The van der Waals surface area contributed by atoms with E-state index in [0.29, 0.717) is 5.92 Å². The Balaban J connectivity index is 1.54. The van der Waals surface area contributed by atoms with Crippen LogP contribution in [0.3, 0.4) is 0 Å². The highest BCUT2D eigenvalue weighted by atomic mass is 16.5. The van der Waals surface area contributed by atoms with Crippen LogP contribution in [0.5, 0.6) is 0 Å². The number of nitrogens with one attached hydrogen (secondary N) is 2. The van der Waals surface area contributed by atoms with Gasteiger partial charge < -0.3 is 10.1 Å². The first-order valence-corrected chi connectivity index (χ1v) is 7.49. The van der Waals surface area contributed by atoms with E-state index in [-0.39, 0.29) is 6.10 Å². The van der Waals surface area contributed by atoms with E-state index in [1.165, 1.54) is 0 Å². The molecule has 0 bridgehead atoms. The molecule has 0 unspecified atom stereocenters. The molecule has 114 valence electrons. The van der Waals surface area contributed by atoms with Crippen molar-refractivity contribution < 1.29 is 4.74 Å². The first-order chi connectivity index (χ1) is 10.3. The van der Waals surface area contributed by atoms with Crippen LogP contribution in [0.2, 0.25) is 0 Å². The first-order valence-electron chi connectivity index (χ1n) is 7.49. The van der Waals surface area contributed by atoms with E-state index < -0.39 is 0 Å². The van der Waals surface area contributed by atoms with Crippen LogP contribution in [0.25, 0.3) is 0 Å². The summed E-state index contributed by atoms with van der Waals surface area (Å²) in [5, 5.41) is 19.2. The van der Waals surface area contributed by atoms with E-state index in [1.807, 2.05) is 26.2 Å². The molecule has 1 saturated heterocycles. The van der Waals surface area contributed by atoms with Crippen molar-refractivity contribution in [3.63, 3.8) is 0 Å². The Hall–Kier alpha value is -1.73. The molecule has 0 amide bonds. The molecule has 2 aromatic rings. The molecule has 2 N–H and O–H groups in total. The van der Waals surface area contributed by atoms with Crippen LogP contribution in [0.1, 0.15) is 36.4 Å². The van der Waals surface area contributed by atoms with Crippen molar-refractivity contribution in [3.8, 4) is 0 Å². The predicted molar refractivity (Wildman–Crippen MR) is 77.5 cm³/mol. The highest BCUT2D eigenvalue weighted by molar-refractivity contribution is 5.10. The number of rotatable bonds is 6. The lowest BCUT2D eigenvalue weighted by atomic mass is 9.97. The standard InChI is InChI=1S/C14H22N6O/c1-3-20-18-10(2)13(19-20)9-15-6-11-4-5-21-14(11)12-7-16-17-8-12/h7-8,11,14-15H,3-6,9H2,1-2H3,(H,16,17)/t11-,14+/m1/s1. The van der Waals surface area contributed by atoms with Gasteiger partial charge in [-0.2, -0.15) is 20.1 Å². The Morgan fingerprint density at radius 2 is 2.38 bits per heavy atom. The van der Waals surface area contributed by atoms with Crippen molar-refractivity contribution in [1.82, 2.24) is 30.5 Å². The molecule has 0 saturated carbocycles. The number of H-pyrrole nitrogens is 1. The quantitative estimate of drug-likeness (QED) is 0.835. The average molecular weight is 290 g/mol. The third-order valence-electron chi connectivity index (χ3n) is 3.96. The first kappa shape index (κ1) is 14.2. The molecule has 0 spiro atoms. The molecule has 21 heavy (non-hydrogen) atoms. The number of aryl methyl sites for hydroxylation is 2. The lowest BCUT2D eigenvalue weighted by Gasteiger charge is -2.17. The zero-order valence-electron chi connectivity index (χ0n) is 12.5. The lowest BCUT2D eigenvalue weighted by Crippen LogP contribution is -2.25. The molecule has 7 heteroatoms. The molecule has 2 atom stereocenters. The van der Waals surface area contributed by atoms with Gasteiger partial charge in [-0.15, -0.1) is 0 Å². The summed E-state index contributed by atoms with van der Waals surface area (Å²) in [6, 6.07) is 0. The van der Waals surface area contributed by atoms with Crippen molar-refractivity contribution in [2.45, 2.75) is 39.5 Å². The van der Waals surface area contributed by atoms with Crippen LogP contribution in [-0.4, -0.2) is 38.3 Å². The van der Waals surface area contributed by atoms with Gasteiger partial charge >= 0.3 is 0 Å². The second kappa shape index (κ2) is 6.36. The van der Waals surface area contributed by atoms with Gasteiger partial charge in [-0.25, -0.2) is 0 Å². The molecule has 1 fully saturated rings. The minimum absolute atomic E-state index is 0.142. The average Bonchev–Trinajstić information content (AvgIpc) is 3.19. The van der Waals surface area contributed by atoms with Gasteiger partial charge in [0.2, 0.25) is 0 Å². The van der Waals surface area contributed by atoms with Crippen LogP contribution < -0.4 is 5.32 Å². The second-order valence-corrected chi connectivity index (χ2v) is 5.42. The van der Waals surface area contributed by atoms with Gasteiger partial charge in [-0.05, 0) is 20.3 Å². The summed E-state index contributed by atoms with van der Waals surface area (Å²) in [6.45, 7) is 7.33. The molecule has 3 heterocycles. The van der Waals surface area contributed by atoms with Crippen molar-refractivity contribution >= 4 is 0 Å². The summed E-state index contributed by atoms with van der Waals surface area (Å²) < 4.78 is 5.83. The normalized spacial score (nSPS) is 22.0. The lowest BCUT2D eigenvalue weighted by molar-refractivity contribution is 0.0904. The summed E-state index contributed by atoms with van der Waals surface area (Å²) in [7, 11) is 0. The number of hydrogen-bond donors (Lipinski definition) is 2. The van der Waals surface area contributed by atoms with Crippen LogP contribution in [0.15, 0.2) is 12.4 Å². The van der Waals surface area contributed by atoms with Gasteiger partial charge in [0.25, 0.3) is 0 Å². The number of hydrogen-bond acceptors (Lipinski definition) is 5. The monoisotopic (exact) mass is 290 g/mol. The molecule has 2 aromatic heterocycles. The third-order valence-corrected chi connectivity index (χ3v) is 3.96. The summed E-state index contributed by atoms with van der Waals surface area (Å²) in [4.78, 5) is 1.74. The van der Waals surface area contributed by atoms with Crippen molar-refractivity contribution in [2.75, 3.05) is 13.2 Å². The smallest absolute Gasteiger partial charge is 0.0994 e. The maximum atomic E-state index is 5.83. The van der Waals surface area contributed by atoms with Crippen molar-refractivity contribution in [1.29, 1.82) is 0 Å². The van der Waals surface area contributed by atoms with Crippen molar-refractivity contribution in [3.05, 3.63) is 29.3 Å². The molecule has 7 nitrogen and oxygen atoms in total. The number of aromatic nitrogens is 5. The zero-order chi connectivity index (χ0) is 14.7. The fraction of sp³-hybridized carbons (Fsp3) is 0.643. The Labute approximate surface area is 124 Å². The molecule has 0 aliphatic carbocycles. The fourth-order valence-electron chi connectivity index (χ4n) is 2.77. The molecule has 1 aliphatic rings. The van der Waals surface area contributed by atoms with Crippen LogP contribution in [0, 0.1) is 12.8 Å². The van der Waals surface area contributed by atoms with Crippen molar-refractivity contribution in [2.24, 2.45) is 5.92 Å². The Morgan fingerprint density at radius 3 is 3.10 bits per heavy atom. The number of ether oxygens (including phenoxy) is 1. The second-order valence-electron chi connectivity index (χ2n) is 5.42. The maximum absolute atomic E-state index is 5.83. The molecule has 3 rings (SSSR count). The highest BCUT2D eigenvalue weighted by Crippen LogP contribution is 2.33. The topological polar surface area (TPSA) is 80.6 Å². The number of nitrogens with zero attached hydrogens (tertiary/aromatic N) is 4. The van der Waals surface area contributed by atoms with Gasteiger partial charge in [0.05, 0.1) is 30.2 Å². The summed E-state index contributed by atoms with van der Waals surface area (Å²) in [5.41, 5.74) is 3.15. The maximum Gasteiger partial charge on any atom is 0.0994 e. The molecule has 0 aromatic carbocycles. The fourth-order valence-corrected chi connectivity index (χ4v) is 2.77. The van der Waals surface area contributed by atoms with E-state index in [9.17, 15) is 0 Å². The van der Waals surface area contributed by atoms with Gasteiger partial charge in [-0.3, -0.25) is 5.10 Å². The minimum Gasteiger partial charge on any atom is -0.373 e. The molecular formula is C14H22N6O. The van der Waals surface area contributed by atoms with Crippen LogP contribution in [0.4, 0.5) is 0 Å². The Kier molecular flexibility index (Phi) is 4.31. The van der Waals surface area contributed by atoms with E-state index in [4.69, 9.17) is 4.74 Å². The summed E-state index contributed by atoms with van der Waals surface area (Å²) in [5.74, 6) is 0.476. The largest absolute Gasteiger partial charge is 0.373 e. The van der Waals surface area contributed by atoms with Gasteiger partial charge in [0.15, 0.2) is 0 Å². The van der Waals surface area contributed by atoms with E-state index in [2.05, 4.69) is 25.7 Å².